The number of nitrogens with one attached hydrogen (secondary N) is 2. The van der Waals surface area contributed by atoms with Crippen molar-refractivity contribution in [1.82, 2.24) is 10.2 Å². The summed E-state index contributed by atoms with van der Waals surface area (Å²) < 4.78 is 50.7. The molecule has 5 fully saturated rings. The molecular weight excluding hydrogens is 962 g/mol. The molecule has 1 aromatic carbocycles. The Bertz CT molecular complexity index is 1770. The fourth-order valence-electron chi connectivity index (χ4n) is 8.79. The van der Waals surface area contributed by atoms with Gasteiger partial charge in [0.15, 0.2) is 31.4 Å². The van der Waals surface area contributed by atoms with Gasteiger partial charge in [-0.2, -0.15) is 0 Å². The van der Waals surface area contributed by atoms with E-state index in [0.717, 1.165) is 13.1 Å². The van der Waals surface area contributed by atoms with Crippen LogP contribution in [0.3, 0.4) is 0 Å². The Morgan fingerprint density at radius 3 is 1.17 bits per heavy atom. The van der Waals surface area contributed by atoms with Gasteiger partial charge in [0.05, 0.1) is 39.7 Å². The van der Waals surface area contributed by atoms with Crippen LogP contribution in [0.25, 0.3) is 0 Å². The van der Waals surface area contributed by atoms with E-state index in [2.05, 4.69) is 10.6 Å². The smallest absolute Gasteiger partial charge is 0.252 e. The van der Waals surface area contributed by atoms with Crippen molar-refractivity contribution in [1.29, 1.82) is 0 Å². The van der Waals surface area contributed by atoms with E-state index in [1.54, 1.807) is 0 Å². The second kappa shape index (κ2) is 25.8. The molecule has 1 aromatic rings. The van der Waals surface area contributed by atoms with Gasteiger partial charge < -0.3 is 135 Å². The van der Waals surface area contributed by atoms with Gasteiger partial charge in [-0.3, -0.25) is 9.69 Å². The van der Waals surface area contributed by atoms with Gasteiger partial charge >= 0.3 is 0 Å². The highest BCUT2D eigenvalue weighted by Crippen LogP contribution is 2.36. The Morgan fingerprint density at radius 1 is 0.465 bits per heavy atom. The molecule has 0 aliphatic carbocycles. The molecule has 5 aliphatic rings. The zero-order valence-electron chi connectivity index (χ0n) is 38.6. The number of hydrogen-bond acceptors (Lipinski definition) is 28. The van der Waals surface area contributed by atoms with E-state index in [-0.39, 0.29) is 5.91 Å². The Balaban J connectivity index is 1.04. The number of hydrogen-bond donors (Lipinski definition) is 18. The summed E-state index contributed by atoms with van der Waals surface area (Å²) in [4.78, 5) is 14.6. The van der Waals surface area contributed by atoms with E-state index >= 15 is 0 Å². The van der Waals surface area contributed by atoms with Crippen molar-refractivity contribution in [3.63, 3.8) is 0 Å². The van der Waals surface area contributed by atoms with Crippen molar-refractivity contribution in [3.05, 3.63) is 29.8 Å². The first-order valence-corrected chi connectivity index (χ1v) is 23.2. The average Bonchev–Trinajstić information content (AvgIpc) is 3.37. The minimum Gasteiger partial charge on any atom is -0.394 e. The Kier molecular flexibility index (Phi) is 21.0. The molecule has 18 N–H and O–H groups in total. The number of aliphatic hydroxyl groups is 16. The summed E-state index contributed by atoms with van der Waals surface area (Å²) in [6.07, 6.45) is -45.2. The van der Waals surface area contributed by atoms with Crippen molar-refractivity contribution >= 4 is 11.6 Å². The Morgan fingerprint density at radius 2 is 0.803 bits per heavy atom. The maximum Gasteiger partial charge on any atom is 0.252 e. The molecule has 6 rings (SSSR count). The van der Waals surface area contributed by atoms with Crippen LogP contribution in [-0.2, 0) is 42.6 Å². The molecule has 5 heterocycles. The fourth-order valence-corrected chi connectivity index (χ4v) is 8.79. The largest absolute Gasteiger partial charge is 0.394 e. The Hall–Kier alpha value is -2.55. The molecule has 0 saturated carbocycles. The third kappa shape index (κ3) is 12.8. The van der Waals surface area contributed by atoms with Gasteiger partial charge in [0, 0.05) is 11.3 Å². The van der Waals surface area contributed by atoms with Crippen LogP contribution in [0, 0.1) is 0 Å². The van der Waals surface area contributed by atoms with Gasteiger partial charge in [-0.15, -0.1) is 0 Å². The first-order valence-electron chi connectivity index (χ1n) is 23.2. The van der Waals surface area contributed by atoms with Gasteiger partial charge in [0.1, 0.15) is 122 Å². The van der Waals surface area contributed by atoms with Gasteiger partial charge in [-0.05, 0) is 37.4 Å². The van der Waals surface area contributed by atoms with Crippen LogP contribution in [-0.4, -0.2) is 299 Å². The lowest BCUT2D eigenvalue weighted by Gasteiger charge is -2.49. The predicted octanol–water partition coefficient (Wildman–Crippen LogP) is -9.78. The van der Waals surface area contributed by atoms with E-state index in [4.69, 9.17) is 42.6 Å². The van der Waals surface area contributed by atoms with Crippen molar-refractivity contribution in [2.24, 2.45) is 0 Å². The fraction of sp³-hybridized carbons (Fsp3) is 0.833. The minimum absolute atomic E-state index is 0.319. The first kappa shape index (κ1) is 57.7. The van der Waals surface area contributed by atoms with Gasteiger partial charge in [0.2, 0.25) is 0 Å². The zero-order valence-corrected chi connectivity index (χ0v) is 38.6. The van der Waals surface area contributed by atoms with Crippen LogP contribution in [0.4, 0.5) is 5.69 Å². The molecule has 71 heavy (non-hydrogen) atoms. The third-order valence-corrected chi connectivity index (χ3v) is 13.2. The molecule has 0 spiro atoms. The zero-order chi connectivity index (χ0) is 52.0. The van der Waals surface area contributed by atoms with Crippen LogP contribution in [0.5, 0.6) is 0 Å². The maximum absolute atomic E-state index is 12.6. The minimum atomic E-state index is -2.13. The number of benzene rings is 1. The van der Waals surface area contributed by atoms with E-state index in [0.29, 0.717) is 17.9 Å². The van der Waals surface area contributed by atoms with Crippen LogP contribution < -0.4 is 10.6 Å². The lowest BCUT2D eigenvalue weighted by molar-refractivity contribution is -0.391. The van der Waals surface area contributed by atoms with Crippen molar-refractivity contribution in [2.45, 2.75) is 167 Å². The first-order chi connectivity index (χ1) is 33.9. The number of carbonyl (C=O) groups excluding carboxylic acids is 1. The highest BCUT2D eigenvalue weighted by atomic mass is 16.8. The van der Waals surface area contributed by atoms with E-state index < -0.39 is 187 Å². The quantitative estimate of drug-likeness (QED) is 0.0539. The summed E-state index contributed by atoms with van der Waals surface area (Å²) in [5.74, 6) is -0.319. The lowest BCUT2D eigenvalue weighted by atomic mass is 9.95. The maximum atomic E-state index is 12.6. The molecule has 408 valence electrons. The van der Waals surface area contributed by atoms with Crippen LogP contribution in [0.15, 0.2) is 24.3 Å². The van der Waals surface area contributed by atoms with Gasteiger partial charge in [-0.25, -0.2) is 0 Å². The Labute approximate surface area is 405 Å². The summed E-state index contributed by atoms with van der Waals surface area (Å²) in [7, 11) is 0. The molecule has 0 aromatic heterocycles. The summed E-state index contributed by atoms with van der Waals surface area (Å²) in [5, 5.41) is 176. The van der Waals surface area contributed by atoms with Crippen LogP contribution in [0.2, 0.25) is 0 Å². The van der Waals surface area contributed by atoms with Gasteiger partial charge in [-0.1, -0.05) is 13.8 Å². The van der Waals surface area contributed by atoms with E-state index in [9.17, 15) is 86.5 Å². The van der Waals surface area contributed by atoms with E-state index in [1.165, 1.54) is 24.3 Å². The third-order valence-electron chi connectivity index (χ3n) is 13.2. The molecule has 0 bridgehead atoms. The number of anilines is 1. The predicted molar refractivity (Wildman–Crippen MR) is 230 cm³/mol. The topological polar surface area (TPSA) is 451 Å². The van der Waals surface area contributed by atoms with Crippen molar-refractivity contribution in [3.8, 4) is 0 Å². The molecule has 0 radical (unpaired) electrons. The highest BCUT2D eigenvalue weighted by molar-refractivity contribution is 5.94. The molecular formula is C42H69N3O26. The SMILES string of the molecule is CCN(CC)CNC(=O)c1ccc(N[C@H]2O[C@H](CO)[C@@H](O[C@H]3O[C@H](CO)[C@@H](O[C@H]4O[C@H](CO)[C@@H](O[C@H]5O[C@H](CO)[C@@H](O[C@H]6O[C@H](CO)[C@@H](O)[C@H](O)[C@H]6O)[C@H](O)[C@H]5O)[C@H](O)[C@H]4O)[C@H](O)[C@H]3O)[C@H](O)[C@H]2O)cc1. The molecule has 5 aliphatic heterocycles. The summed E-state index contributed by atoms with van der Waals surface area (Å²) in [6.45, 7) is 1.26. The van der Waals surface area contributed by atoms with E-state index in [1.807, 2.05) is 18.7 Å². The monoisotopic (exact) mass is 1030 g/mol. The number of aliphatic hydroxyl groups excluding tert-OH is 16. The average molecular weight is 1030 g/mol. The number of ether oxygens (including phenoxy) is 9. The molecule has 0 unspecified atom stereocenters. The molecule has 29 heteroatoms. The van der Waals surface area contributed by atoms with Crippen LogP contribution >= 0.6 is 0 Å². The lowest BCUT2D eigenvalue weighted by Crippen LogP contribution is -2.68. The highest BCUT2D eigenvalue weighted by Gasteiger charge is 2.56. The summed E-state index contributed by atoms with van der Waals surface area (Å²) >= 11 is 0. The molecule has 25 atom stereocenters. The van der Waals surface area contributed by atoms with Gasteiger partial charge in [0.25, 0.3) is 5.91 Å². The molecule has 1 amide bonds. The summed E-state index contributed by atoms with van der Waals surface area (Å²) in [6, 6.07) is 6.12. The molecule has 5 saturated heterocycles. The number of carbonyl (C=O) groups is 1. The number of amides is 1. The molecule has 29 nitrogen and oxygen atoms in total. The van der Waals surface area contributed by atoms with Crippen molar-refractivity contribution < 1.29 is 129 Å². The number of nitrogens with zero attached hydrogens (tertiary/aromatic N) is 1. The second-order valence-corrected chi connectivity index (χ2v) is 17.7. The number of rotatable bonds is 20. The second-order valence-electron chi connectivity index (χ2n) is 17.7. The normalized spacial score (nSPS) is 44.4. The van der Waals surface area contributed by atoms with Crippen molar-refractivity contribution in [2.75, 3.05) is 58.1 Å². The summed E-state index contributed by atoms with van der Waals surface area (Å²) in [5.41, 5.74) is 0.713. The van der Waals surface area contributed by atoms with Crippen LogP contribution in [0.1, 0.15) is 24.2 Å². The standard InChI is InChI=1S/C42H69N3O26/c1-3-45(4-2)14-43-37(62)15-5-7-16(8-6-15)44-38-28(57)24(53)33(18(10-47)63-38)68-40-30(59)26(55)35(20(12-49)65-40)70-42-32(61)27(56)36(21(13-50)67-42)71-41-31(60)25(54)34(19(11-48)66-41)69-39-29(58)23(52)22(51)17(9-46)64-39/h5-8,17-36,38-42,44,46-61H,3-4,9-14H2,1-2H3,(H,43,62)/t17-,18-,19-,20-,21-,22-,23+,24-,25-,26-,27-,28-,29-,30-,31-,32-,33-,34-,35-,36-,38+,39-,40-,41-,42-/m1/s1.